The minimum atomic E-state index is -1.98. The Kier molecular flexibility index (Phi) is 6.72. The van der Waals surface area contributed by atoms with Gasteiger partial charge in [-0.3, -0.25) is 0 Å². The molecular weight excluding hydrogens is 340 g/mol. The summed E-state index contributed by atoms with van der Waals surface area (Å²) in [7, 11) is -3.96. The van der Waals surface area contributed by atoms with Crippen LogP contribution < -0.4 is 0 Å². The first-order valence-electron chi connectivity index (χ1n) is 9.19. The van der Waals surface area contributed by atoms with Crippen LogP contribution in [0.1, 0.15) is 59.0 Å². The summed E-state index contributed by atoms with van der Waals surface area (Å²) < 4.78 is 13.5. The van der Waals surface area contributed by atoms with Gasteiger partial charge in [-0.05, 0) is 41.8 Å². The second kappa shape index (κ2) is 7.51. The molecule has 0 aromatic heterocycles. The van der Waals surface area contributed by atoms with Gasteiger partial charge in [-0.25, -0.2) is 0 Å². The van der Waals surface area contributed by atoms with Crippen LogP contribution in [0.25, 0.3) is 6.08 Å². The minimum Gasteiger partial charge on any atom is -0.389 e. The van der Waals surface area contributed by atoms with Crippen LogP contribution in [0.3, 0.4) is 0 Å². The van der Waals surface area contributed by atoms with Crippen molar-refractivity contribution in [3.05, 3.63) is 42.0 Å². The summed E-state index contributed by atoms with van der Waals surface area (Å²) in [6.45, 7) is 26.7. The van der Waals surface area contributed by atoms with Crippen LogP contribution in [-0.4, -0.2) is 16.6 Å². The van der Waals surface area contributed by atoms with Crippen molar-refractivity contribution < 1.29 is 8.85 Å². The van der Waals surface area contributed by atoms with E-state index in [1.807, 2.05) is 12.1 Å². The normalized spacial score (nSPS) is 14.0. The fourth-order valence-electron chi connectivity index (χ4n) is 1.95. The zero-order valence-corrected chi connectivity index (χ0v) is 20.0. The highest BCUT2D eigenvalue weighted by atomic mass is 28.4. The van der Waals surface area contributed by atoms with E-state index in [0.29, 0.717) is 0 Å². The summed E-state index contributed by atoms with van der Waals surface area (Å²) in [6.07, 6.45) is 1.56. The molecule has 0 saturated carbocycles. The number of hydrogen-bond acceptors (Lipinski definition) is 2. The molecular formula is C21H38O2Si2. The lowest BCUT2D eigenvalue weighted by Crippen LogP contribution is -2.47. The molecule has 0 aliphatic heterocycles. The van der Waals surface area contributed by atoms with E-state index < -0.39 is 16.6 Å². The van der Waals surface area contributed by atoms with Crippen molar-refractivity contribution >= 4 is 22.7 Å². The summed E-state index contributed by atoms with van der Waals surface area (Å²) in [5.74, 6) is 0. The summed E-state index contributed by atoms with van der Waals surface area (Å²) in [5.41, 5.74) is 2.18. The van der Waals surface area contributed by atoms with Crippen LogP contribution >= 0.6 is 0 Å². The predicted molar refractivity (Wildman–Crippen MR) is 116 cm³/mol. The first kappa shape index (κ1) is 22.4. The van der Waals surface area contributed by atoms with Gasteiger partial charge >= 0.3 is 0 Å². The largest absolute Gasteiger partial charge is 0.389 e. The van der Waals surface area contributed by atoms with Gasteiger partial charge in [-0.15, -0.1) is 0 Å². The molecule has 0 atom stereocenters. The molecule has 0 fully saturated rings. The standard InChI is InChI=1S/C21H38O2Si2/c1-12-17-15-13-14-16-18(17)19(22-24(8,9)20(2,3)4)23-25(10,11)21(5,6)7/h12-16,19H,1H2,2-11H3. The number of rotatable bonds is 6. The lowest BCUT2D eigenvalue weighted by molar-refractivity contribution is -0.0193. The maximum Gasteiger partial charge on any atom is 0.195 e. The van der Waals surface area contributed by atoms with Crippen LogP contribution in [-0.2, 0) is 8.85 Å². The minimum absolute atomic E-state index is 0.130. The monoisotopic (exact) mass is 378 g/mol. The maximum absolute atomic E-state index is 6.77. The van der Waals surface area contributed by atoms with E-state index in [-0.39, 0.29) is 16.4 Å². The molecule has 0 aliphatic rings. The Hall–Kier alpha value is -0.686. The van der Waals surface area contributed by atoms with Crippen LogP contribution in [0.15, 0.2) is 30.8 Å². The van der Waals surface area contributed by atoms with Gasteiger partial charge in [0.05, 0.1) is 0 Å². The zero-order valence-electron chi connectivity index (χ0n) is 18.0. The van der Waals surface area contributed by atoms with Gasteiger partial charge in [-0.1, -0.05) is 78.5 Å². The van der Waals surface area contributed by atoms with E-state index >= 15 is 0 Å². The lowest BCUT2D eigenvalue weighted by atomic mass is 10.1. The van der Waals surface area contributed by atoms with Crippen molar-refractivity contribution in [3.63, 3.8) is 0 Å². The Morgan fingerprint density at radius 2 is 1.24 bits per heavy atom. The molecule has 0 unspecified atom stereocenters. The van der Waals surface area contributed by atoms with Crippen LogP contribution in [0.5, 0.6) is 0 Å². The lowest BCUT2D eigenvalue weighted by Gasteiger charge is -2.44. The van der Waals surface area contributed by atoms with Gasteiger partial charge in [-0.2, -0.15) is 0 Å². The van der Waals surface area contributed by atoms with Crippen molar-refractivity contribution in [2.45, 2.75) is 84.1 Å². The third-order valence-electron chi connectivity index (χ3n) is 5.89. The molecule has 0 saturated heterocycles. The maximum atomic E-state index is 6.77. The average molecular weight is 379 g/mol. The second-order valence-corrected chi connectivity index (χ2v) is 19.4. The molecule has 25 heavy (non-hydrogen) atoms. The zero-order chi connectivity index (χ0) is 19.7. The average Bonchev–Trinajstić information content (AvgIpc) is 2.43. The third kappa shape index (κ3) is 5.39. The van der Waals surface area contributed by atoms with Crippen LogP contribution in [0.4, 0.5) is 0 Å². The van der Waals surface area contributed by atoms with E-state index in [1.54, 1.807) is 0 Å². The van der Waals surface area contributed by atoms with E-state index in [2.05, 4.69) is 92.5 Å². The van der Waals surface area contributed by atoms with Gasteiger partial charge in [0, 0.05) is 5.56 Å². The van der Waals surface area contributed by atoms with Crippen molar-refractivity contribution in [1.82, 2.24) is 0 Å². The van der Waals surface area contributed by atoms with Gasteiger partial charge in [0.15, 0.2) is 22.9 Å². The molecule has 1 aromatic carbocycles. The topological polar surface area (TPSA) is 18.5 Å². The van der Waals surface area contributed by atoms with Gasteiger partial charge < -0.3 is 8.85 Å². The quantitative estimate of drug-likeness (QED) is 0.380. The Balaban J connectivity index is 3.35. The summed E-state index contributed by atoms with van der Waals surface area (Å²) >= 11 is 0. The summed E-state index contributed by atoms with van der Waals surface area (Å²) in [5, 5.41) is 0.260. The third-order valence-corrected chi connectivity index (χ3v) is 14.7. The van der Waals surface area contributed by atoms with Gasteiger partial charge in [0.2, 0.25) is 0 Å². The Morgan fingerprint density at radius 3 is 1.60 bits per heavy atom. The van der Waals surface area contributed by atoms with Gasteiger partial charge in [0.1, 0.15) is 0 Å². The molecule has 0 heterocycles. The highest BCUT2D eigenvalue weighted by Crippen LogP contribution is 2.44. The highest BCUT2D eigenvalue weighted by molar-refractivity contribution is 6.75. The fraction of sp³-hybridized carbons (Fsp3) is 0.619. The first-order chi connectivity index (χ1) is 11.1. The van der Waals surface area contributed by atoms with Crippen LogP contribution in [0, 0.1) is 0 Å². The molecule has 0 amide bonds. The SMILES string of the molecule is C=Cc1ccccc1C(O[Si](C)(C)C(C)(C)C)O[Si](C)(C)C(C)(C)C. The van der Waals surface area contributed by atoms with Crippen molar-refractivity contribution in [2.75, 3.05) is 0 Å². The molecule has 0 aliphatic carbocycles. The van der Waals surface area contributed by atoms with Crippen molar-refractivity contribution in [1.29, 1.82) is 0 Å². The molecule has 1 aromatic rings. The van der Waals surface area contributed by atoms with Crippen LogP contribution in [0.2, 0.25) is 36.3 Å². The number of hydrogen-bond donors (Lipinski definition) is 0. The van der Waals surface area contributed by atoms with E-state index in [9.17, 15) is 0 Å². The molecule has 4 heteroatoms. The summed E-state index contributed by atoms with van der Waals surface area (Å²) in [6, 6.07) is 8.29. The Bertz CT molecular complexity index is 565. The predicted octanol–water partition coefficient (Wildman–Crippen LogP) is 7.37. The Labute approximate surface area is 157 Å². The smallest absolute Gasteiger partial charge is 0.195 e. The molecule has 1 rings (SSSR count). The highest BCUT2D eigenvalue weighted by Gasteiger charge is 2.44. The fourth-order valence-corrected chi connectivity index (χ4v) is 4.18. The first-order valence-corrected chi connectivity index (χ1v) is 15.0. The van der Waals surface area contributed by atoms with E-state index in [4.69, 9.17) is 8.85 Å². The molecule has 0 radical (unpaired) electrons. The van der Waals surface area contributed by atoms with E-state index in [1.165, 1.54) is 0 Å². The second-order valence-electron chi connectivity index (χ2n) is 9.92. The molecule has 142 valence electrons. The molecule has 0 spiro atoms. The molecule has 0 N–H and O–H groups in total. The van der Waals surface area contributed by atoms with Crippen molar-refractivity contribution in [2.24, 2.45) is 0 Å². The van der Waals surface area contributed by atoms with Gasteiger partial charge in [0.25, 0.3) is 0 Å². The Morgan fingerprint density at radius 1 is 0.840 bits per heavy atom. The molecule has 2 nitrogen and oxygen atoms in total. The molecule has 0 bridgehead atoms. The summed E-state index contributed by atoms with van der Waals surface area (Å²) in [4.78, 5) is 0. The van der Waals surface area contributed by atoms with Crippen molar-refractivity contribution in [3.8, 4) is 0 Å². The van der Waals surface area contributed by atoms with E-state index in [0.717, 1.165) is 11.1 Å². The number of benzene rings is 1.